The van der Waals surface area contributed by atoms with Crippen molar-refractivity contribution in [2.45, 2.75) is 0 Å². The molecule has 26 heavy (non-hydrogen) atoms. The summed E-state index contributed by atoms with van der Waals surface area (Å²) in [5.41, 5.74) is 2.28. The van der Waals surface area contributed by atoms with Gasteiger partial charge < -0.3 is 10.1 Å². The Balaban J connectivity index is 1.47. The zero-order chi connectivity index (χ0) is 17.8. The van der Waals surface area contributed by atoms with Crippen molar-refractivity contribution < 1.29 is 9.53 Å². The first kappa shape index (κ1) is 16.6. The first-order chi connectivity index (χ1) is 12.8. The number of aromatic nitrogens is 4. The molecule has 0 spiro atoms. The maximum absolute atomic E-state index is 12.5. The predicted octanol–water partition coefficient (Wildman–Crippen LogP) is 0.853. The molecule has 3 aromatic rings. The number of benzene rings is 1. The summed E-state index contributed by atoms with van der Waals surface area (Å²) in [7, 11) is 0. The Bertz CT molecular complexity index is 889. The minimum absolute atomic E-state index is 0.194. The van der Waals surface area contributed by atoms with Gasteiger partial charge >= 0.3 is 0 Å². The molecule has 0 unspecified atom stereocenters. The molecule has 8 heteroatoms. The molecule has 0 saturated carbocycles. The monoisotopic (exact) mass is 352 g/mol. The highest BCUT2D eigenvalue weighted by Gasteiger charge is 2.17. The van der Waals surface area contributed by atoms with Crippen molar-refractivity contribution in [3.8, 4) is 11.3 Å². The molecule has 1 saturated heterocycles. The van der Waals surface area contributed by atoms with E-state index >= 15 is 0 Å². The van der Waals surface area contributed by atoms with Gasteiger partial charge in [-0.1, -0.05) is 30.3 Å². The van der Waals surface area contributed by atoms with Crippen LogP contribution < -0.4 is 5.32 Å². The number of ether oxygens (including phenoxy) is 1. The van der Waals surface area contributed by atoms with E-state index in [9.17, 15) is 4.79 Å². The minimum Gasteiger partial charge on any atom is -0.379 e. The zero-order valence-corrected chi connectivity index (χ0v) is 14.3. The van der Waals surface area contributed by atoms with Gasteiger partial charge in [0.05, 0.1) is 18.9 Å². The molecule has 2 aromatic heterocycles. The summed E-state index contributed by atoms with van der Waals surface area (Å²) in [4.78, 5) is 14.8. The van der Waals surface area contributed by atoms with Crippen LogP contribution in [0, 0.1) is 0 Å². The lowest BCUT2D eigenvalue weighted by Crippen LogP contribution is -2.41. The molecule has 0 bridgehead atoms. The van der Waals surface area contributed by atoms with Crippen LogP contribution in [-0.2, 0) is 4.74 Å². The molecule has 0 aliphatic carbocycles. The normalized spacial score (nSPS) is 15.2. The molecular formula is C18H20N6O2. The quantitative estimate of drug-likeness (QED) is 0.733. The van der Waals surface area contributed by atoms with Crippen LogP contribution in [-0.4, -0.2) is 70.0 Å². The van der Waals surface area contributed by atoms with Gasteiger partial charge in [-0.05, 0) is 12.1 Å². The van der Waals surface area contributed by atoms with Crippen LogP contribution in [0.5, 0.6) is 0 Å². The largest absolute Gasteiger partial charge is 0.379 e. The summed E-state index contributed by atoms with van der Waals surface area (Å²) in [6.07, 6.45) is 0. The zero-order valence-electron chi connectivity index (χ0n) is 14.3. The number of morpholine rings is 1. The Hall–Kier alpha value is -2.84. The molecule has 1 fully saturated rings. The Morgan fingerprint density at radius 1 is 1.08 bits per heavy atom. The van der Waals surface area contributed by atoms with Gasteiger partial charge in [0.15, 0.2) is 5.65 Å². The first-order valence-corrected chi connectivity index (χ1v) is 8.67. The molecule has 0 radical (unpaired) electrons. The lowest BCUT2D eigenvalue weighted by Gasteiger charge is -2.26. The molecule has 4 rings (SSSR count). The minimum atomic E-state index is -0.275. The number of rotatable bonds is 5. The van der Waals surface area contributed by atoms with Crippen molar-refractivity contribution in [1.29, 1.82) is 0 Å². The van der Waals surface area contributed by atoms with Gasteiger partial charge in [0.25, 0.3) is 5.91 Å². The maximum atomic E-state index is 12.5. The van der Waals surface area contributed by atoms with Crippen LogP contribution in [0.15, 0.2) is 42.5 Å². The Morgan fingerprint density at radius 2 is 1.88 bits per heavy atom. The summed E-state index contributed by atoms with van der Waals surface area (Å²) in [6.45, 7) is 4.61. The summed E-state index contributed by atoms with van der Waals surface area (Å²) in [5, 5.41) is 15.5. The van der Waals surface area contributed by atoms with E-state index in [1.165, 1.54) is 4.52 Å². The number of hydrogen-bond acceptors (Lipinski definition) is 6. The molecule has 1 aliphatic heterocycles. The second-order valence-electron chi connectivity index (χ2n) is 6.09. The maximum Gasteiger partial charge on any atom is 0.291 e. The van der Waals surface area contributed by atoms with E-state index in [2.05, 4.69) is 25.5 Å². The summed E-state index contributed by atoms with van der Waals surface area (Å²) < 4.78 is 6.82. The van der Waals surface area contributed by atoms with Gasteiger partial charge in [-0.3, -0.25) is 9.69 Å². The third-order valence-electron chi connectivity index (χ3n) is 4.35. The Morgan fingerprint density at radius 3 is 2.69 bits per heavy atom. The van der Waals surface area contributed by atoms with Gasteiger partial charge in [-0.15, -0.1) is 10.2 Å². The first-order valence-electron chi connectivity index (χ1n) is 8.67. The smallest absolute Gasteiger partial charge is 0.291 e. The standard InChI is InChI=1S/C18H20N6O2/c25-18(19-8-9-23-10-12-26-13-11-23)17-21-20-16-7-6-15(22-24(16)17)14-4-2-1-3-5-14/h1-7H,8-13H2,(H,19,25). The molecule has 1 N–H and O–H groups in total. The van der Waals surface area contributed by atoms with Crippen molar-refractivity contribution in [1.82, 2.24) is 30.0 Å². The topological polar surface area (TPSA) is 84.7 Å². The Labute approximate surface area is 150 Å². The molecule has 0 atom stereocenters. The van der Waals surface area contributed by atoms with Crippen LogP contribution in [0.3, 0.4) is 0 Å². The van der Waals surface area contributed by atoms with Gasteiger partial charge in [-0.2, -0.15) is 9.61 Å². The van der Waals surface area contributed by atoms with Crippen LogP contribution in [0.25, 0.3) is 16.9 Å². The average molecular weight is 352 g/mol. The van der Waals surface area contributed by atoms with Gasteiger partial charge in [0.1, 0.15) is 0 Å². The van der Waals surface area contributed by atoms with Crippen LogP contribution in [0.2, 0.25) is 0 Å². The van der Waals surface area contributed by atoms with Crippen molar-refractivity contribution in [3.63, 3.8) is 0 Å². The third kappa shape index (κ3) is 3.56. The fourth-order valence-corrected chi connectivity index (χ4v) is 2.92. The highest BCUT2D eigenvalue weighted by molar-refractivity contribution is 5.91. The van der Waals surface area contributed by atoms with E-state index in [1.54, 1.807) is 0 Å². The van der Waals surface area contributed by atoms with Crippen molar-refractivity contribution in [3.05, 3.63) is 48.3 Å². The summed E-state index contributed by atoms with van der Waals surface area (Å²) in [6, 6.07) is 13.5. The summed E-state index contributed by atoms with van der Waals surface area (Å²) in [5.74, 6) is -0.0803. The van der Waals surface area contributed by atoms with E-state index in [0.29, 0.717) is 12.2 Å². The van der Waals surface area contributed by atoms with E-state index in [-0.39, 0.29) is 11.7 Å². The number of amides is 1. The van der Waals surface area contributed by atoms with Crippen LogP contribution in [0.1, 0.15) is 10.6 Å². The Kier molecular flexibility index (Phi) is 4.85. The fourth-order valence-electron chi connectivity index (χ4n) is 2.92. The van der Waals surface area contributed by atoms with E-state index in [1.807, 2.05) is 42.5 Å². The number of fused-ring (bicyclic) bond motifs is 1. The van der Waals surface area contributed by atoms with Crippen molar-refractivity contribution in [2.75, 3.05) is 39.4 Å². The van der Waals surface area contributed by atoms with Crippen LogP contribution in [0.4, 0.5) is 0 Å². The average Bonchev–Trinajstić information content (AvgIpc) is 3.13. The van der Waals surface area contributed by atoms with Crippen molar-refractivity contribution in [2.24, 2.45) is 0 Å². The molecule has 134 valence electrons. The molecule has 3 heterocycles. The van der Waals surface area contributed by atoms with Crippen molar-refractivity contribution >= 4 is 11.6 Å². The number of nitrogens with zero attached hydrogens (tertiary/aromatic N) is 5. The van der Waals surface area contributed by atoms with Gasteiger partial charge in [-0.25, -0.2) is 0 Å². The lowest BCUT2D eigenvalue weighted by molar-refractivity contribution is 0.0383. The van der Waals surface area contributed by atoms with Gasteiger partial charge in [0, 0.05) is 31.7 Å². The SMILES string of the molecule is O=C(NCCN1CCOCC1)c1nnc2ccc(-c3ccccc3)nn12. The molecule has 8 nitrogen and oxygen atoms in total. The number of nitrogens with one attached hydrogen (secondary N) is 1. The van der Waals surface area contributed by atoms with Crippen LogP contribution >= 0.6 is 0 Å². The lowest BCUT2D eigenvalue weighted by atomic mass is 10.1. The molecular weight excluding hydrogens is 332 g/mol. The van der Waals surface area contributed by atoms with E-state index in [0.717, 1.165) is 44.1 Å². The number of hydrogen-bond donors (Lipinski definition) is 1. The second kappa shape index (κ2) is 7.59. The molecule has 1 aliphatic rings. The number of carbonyl (C=O) groups is 1. The highest BCUT2D eigenvalue weighted by Crippen LogP contribution is 2.16. The fraction of sp³-hybridized carbons (Fsp3) is 0.333. The van der Waals surface area contributed by atoms with E-state index < -0.39 is 0 Å². The predicted molar refractivity (Wildman–Crippen MR) is 95.8 cm³/mol. The van der Waals surface area contributed by atoms with Gasteiger partial charge in [0.2, 0.25) is 5.82 Å². The molecule has 1 aromatic carbocycles. The summed E-state index contributed by atoms with van der Waals surface area (Å²) >= 11 is 0. The second-order valence-corrected chi connectivity index (χ2v) is 6.09. The molecule has 1 amide bonds. The highest BCUT2D eigenvalue weighted by atomic mass is 16.5. The number of carbonyl (C=O) groups excluding carboxylic acids is 1. The third-order valence-corrected chi connectivity index (χ3v) is 4.35. The van der Waals surface area contributed by atoms with E-state index in [4.69, 9.17) is 4.74 Å².